The summed E-state index contributed by atoms with van der Waals surface area (Å²) in [4.78, 5) is 38.3. The summed E-state index contributed by atoms with van der Waals surface area (Å²) in [5.74, 6) is -0.838. The van der Waals surface area contributed by atoms with Crippen LogP contribution in [0.1, 0.15) is 361 Å². The molecular weight excluding hydrogens is 889 g/mol. The van der Waals surface area contributed by atoms with E-state index in [0.717, 1.165) is 64.2 Å². The van der Waals surface area contributed by atoms with Crippen LogP contribution in [-0.4, -0.2) is 37.2 Å². The highest BCUT2D eigenvalue weighted by atomic mass is 16.6. The van der Waals surface area contributed by atoms with E-state index in [2.05, 4.69) is 45.1 Å². The summed E-state index contributed by atoms with van der Waals surface area (Å²) in [5.41, 5.74) is 0. The van der Waals surface area contributed by atoms with Crippen molar-refractivity contribution in [2.24, 2.45) is 0 Å². The first-order valence-corrected chi connectivity index (χ1v) is 32.3. The lowest BCUT2D eigenvalue weighted by Gasteiger charge is -2.18. The summed E-state index contributed by atoms with van der Waals surface area (Å²) in [6.07, 6.45) is 73.2. The van der Waals surface area contributed by atoms with Gasteiger partial charge >= 0.3 is 17.9 Å². The lowest BCUT2D eigenvalue weighted by molar-refractivity contribution is -0.167. The highest BCUT2D eigenvalue weighted by Crippen LogP contribution is 2.18. The van der Waals surface area contributed by atoms with E-state index in [1.165, 1.54) is 257 Å². The molecule has 0 aromatic carbocycles. The molecule has 0 bridgehead atoms. The number of esters is 3. The zero-order chi connectivity index (χ0) is 52.2. The predicted molar refractivity (Wildman–Crippen MR) is 312 cm³/mol. The molecule has 0 N–H and O–H groups in total. The van der Waals surface area contributed by atoms with E-state index >= 15 is 0 Å². The molecule has 0 fully saturated rings. The third kappa shape index (κ3) is 58.8. The first kappa shape index (κ1) is 69.9. The summed E-state index contributed by atoms with van der Waals surface area (Å²) < 4.78 is 17.0. The molecule has 72 heavy (non-hydrogen) atoms. The van der Waals surface area contributed by atoms with Crippen LogP contribution in [0, 0.1) is 0 Å². The number of hydrogen-bond donors (Lipinski definition) is 0. The Balaban J connectivity index is 4.27. The number of hydrogen-bond acceptors (Lipinski definition) is 6. The number of rotatable bonds is 60. The van der Waals surface area contributed by atoms with Crippen molar-refractivity contribution in [3.05, 3.63) is 24.3 Å². The monoisotopic (exact) mass is 1010 g/mol. The molecule has 424 valence electrons. The molecule has 0 aliphatic heterocycles. The first-order valence-electron chi connectivity index (χ1n) is 32.3. The maximum absolute atomic E-state index is 12.9. The van der Waals surface area contributed by atoms with Crippen molar-refractivity contribution in [3.8, 4) is 0 Å². The van der Waals surface area contributed by atoms with Crippen LogP contribution in [-0.2, 0) is 28.6 Å². The van der Waals surface area contributed by atoms with Crippen molar-refractivity contribution in [3.63, 3.8) is 0 Å². The van der Waals surface area contributed by atoms with E-state index in [1.807, 2.05) is 0 Å². The Bertz CT molecular complexity index is 1160. The van der Waals surface area contributed by atoms with Crippen LogP contribution in [0.3, 0.4) is 0 Å². The minimum Gasteiger partial charge on any atom is -0.462 e. The summed E-state index contributed by atoms with van der Waals surface area (Å²) in [6.45, 7) is 6.70. The molecule has 6 nitrogen and oxygen atoms in total. The van der Waals surface area contributed by atoms with Gasteiger partial charge in [0.1, 0.15) is 13.2 Å². The summed E-state index contributed by atoms with van der Waals surface area (Å²) in [5, 5.41) is 0. The van der Waals surface area contributed by atoms with Crippen molar-refractivity contribution >= 4 is 17.9 Å². The van der Waals surface area contributed by atoms with Crippen molar-refractivity contribution in [2.45, 2.75) is 367 Å². The van der Waals surface area contributed by atoms with E-state index < -0.39 is 6.10 Å². The second-order valence-corrected chi connectivity index (χ2v) is 22.0. The fraction of sp³-hybridized carbons (Fsp3) is 0.894. The zero-order valence-electron chi connectivity index (χ0n) is 48.7. The van der Waals surface area contributed by atoms with E-state index in [-0.39, 0.29) is 31.1 Å². The number of carbonyl (C=O) groups excluding carboxylic acids is 3. The average molecular weight is 1010 g/mol. The SMILES string of the molecule is CCCCCCC/C=C\C/C=C\CCCCCCCCCCCCCC(=O)OCC(COC(=O)CCCCCCCCCCCCCCCC)OC(=O)CCCCCCCCCCCCCCCCCCC. The highest BCUT2D eigenvalue weighted by molar-refractivity contribution is 5.71. The zero-order valence-corrected chi connectivity index (χ0v) is 48.7. The van der Waals surface area contributed by atoms with Gasteiger partial charge in [0.25, 0.3) is 0 Å². The van der Waals surface area contributed by atoms with Crippen molar-refractivity contribution in [2.75, 3.05) is 13.2 Å². The summed E-state index contributed by atoms with van der Waals surface area (Å²) in [7, 11) is 0. The largest absolute Gasteiger partial charge is 0.462 e. The average Bonchev–Trinajstić information content (AvgIpc) is 3.38. The van der Waals surface area contributed by atoms with Gasteiger partial charge in [0.05, 0.1) is 0 Å². The van der Waals surface area contributed by atoms with Crippen LogP contribution in [0.5, 0.6) is 0 Å². The standard InChI is InChI=1S/C66H124O6/c1-4-7-10-13-16-19-22-25-28-30-31-32-33-34-35-37-38-41-44-47-50-53-56-59-65(68)71-62-63(61-70-64(67)58-55-52-49-46-43-40-27-24-21-18-15-12-9-6-3)72-66(69)60-57-54-51-48-45-42-39-36-29-26-23-20-17-14-11-8-5-2/h22,25,30-31,63H,4-21,23-24,26-29,32-62H2,1-3H3/b25-22-,31-30-. The molecule has 0 spiro atoms. The second kappa shape index (κ2) is 61.4. The maximum Gasteiger partial charge on any atom is 0.306 e. The van der Waals surface area contributed by atoms with Gasteiger partial charge in [-0.1, -0.05) is 315 Å². The second-order valence-electron chi connectivity index (χ2n) is 22.0. The highest BCUT2D eigenvalue weighted by Gasteiger charge is 2.19. The van der Waals surface area contributed by atoms with Crippen LogP contribution in [0.2, 0.25) is 0 Å². The molecule has 0 amide bonds. The normalized spacial score (nSPS) is 12.1. The minimum atomic E-state index is -0.767. The maximum atomic E-state index is 12.9. The van der Waals surface area contributed by atoms with Crippen LogP contribution >= 0.6 is 0 Å². The summed E-state index contributed by atoms with van der Waals surface area (Å²) >= 11 is 0. The Hall–Kier alpha value is -2.11. The third-order valence-electron chi connectivity index (χ3n) is 14.7. The minimum absolute atomic E-state index is 0.0652. The number of allylic oxidation sites excluding steroid dienone is 4. The van der Waals surface area contributed by atoms with Gasteiger partial charge in [-0.2, -0.15) is 0 Å². The molecule has 0 saturated carbocycles. The van der Waals surface area contributed by atoms with E-state index in [9.17, 15) is 14.4 Å². The quantitative estimate of drug-likeness (QED) is 0.0261. The molecule has 1 atom stereocenters. The third-order valence-corrected chi connectivity index (χ3v) is 14.7. The molecule has 0 saturated heterocycles. The molecular formula is C66H124O6. The van der Waals surface area contributed by atoms with Gasteiger partial charge in [-0.25, -0.2) is 0 Å². The Kier molecular flexibility index (Phi) is 59.6. The first-order chi connectivity index (χ1) is 35.5. The van der Waals surface area contributed by atoms with Crippen LogP contribution in [0.15, 0.2) is 24.3 Å². The molecule has 1 unspecified atom stereocenters. The van der Waals surface area contributed by atoms with E-state index in [0.29, 0.717) is 19.3 Å². The van der Waals surface area contributed by atoms with Gasteiger partial charge in [0.15, 0.2) is 6.10 Å². The number of ether oxygens (including phenoxy) is 3. The Labute approximate surface area is 449 Å². The predicted octanol–water partition coefficient (Wildman–Crippen LogP) is 21.8. The van der Waals surface area contributed by atoms with E-state index in [1.54, 1.807) is 0 Å². The van der Waals surface area contributed by atoms with Gasteiger partial charge in [-0.05, 0) is 51.4 Å². The Morgan fingerprint density at radius 2 is 0.500 bits per heavy atom. The van der Waals surface area contributed by atoms with Crippen LogP contribution in [0.4, 0.5) is 0 Å². The molecule has 6 heteroatoms. The Morgan fingerprint density at radius 1 is 0.278 bits per heavy atom. The molecule has 0 aliphatic carbocycles. The lowest BCUT2D eigenvalue weighted by atomic mass is 10.0. The summed E-state index contributed by atoms with van der Waals surface area (Å²) in [6, 6.07) is 0. The van der Waals surface area contributed by atoms with Crippen molar-refractivity contribution < 1.29 is 28.6 Å². The van der Waals surface area contributed by atoms with Crippen molar-refractivity contribution in [1.82, 2.24) is 0 Å². The fourth-order valence-corrected chi connectivity index (χ4v) is 9.83. The number of unbranched alkanes of at least 4 members (excludes halogenated alkanes) is 45. The van der Waals surface area contributed by atoms with Gasteiger partial charge in [0.2, 0.25) is 0 Å². The molecule has 0 aliphatic rings. The van der Waals surface area contributed by atoms with Crippen molar-refractivity contribution in [1.29, 1.82) is 0 Å². The van der Waals surface area contributed by atoms with Crippen LogP contribution in [0.25, 0.3) is 0 Å². The molecule has 0 aromatic heterocycles. The molecule has 0 aromatic rings. The topological polar surface area (TPSA) is 78.9 Å². The lowest BCUT2D eigenvalue weighted by Crippen LogP contribution is -2.30. The molecule has 0 rings (SSSR count). The molecule has 0 heterocycles. The van der Waals surface area contributed by atoms with Crippen LogP contribution < -0.4 is 0 Å². The smallest absolute Gasteiger partial charge is 0.306 e. The fourth-order valence-electron chi connectivity index (χ4n) is 9.83. The van der Waals surface area contributed by atoms with Gasteiger partial charge in [-0.15, -0.1) is 0 Å². The Morgan fingerprint density at radius 3 is 0.764 bits per heavy atom. The van der Waals surface area contributed by atoms with E-state index in [4.69, 9.17) is 14.2 Å². The van der Waals surface area contributed by atoms with Gasteiger partial charge < -0.3 is 14.2 Å². The van der Waals surface area contributed by atoms with Gasteiger partial charge in [0, 0.05) is 19.3 Å². The molecule has 0 radical (unpaired) electrons. The number of carbonyl (C=O) groups is 3. The van der Waals surface area contributed by atoms with Gasteiger partial charge in [-0.3, -0.25) is 14.4 Å².